The van der Waals surface area contributed by atoms with Gasteiger partial charge in [0.2, 0.25) is 0 Å². The molecule has 0 spiro atoms. The Morgan fingerprint density at radius 3 is 2.21 bits per heavy atom. The Morgan fingerprint density at radius 2 is 1.68 bits per heavy atom. The lowest BCUT2D eigenvalue weighted by atomic mass is 10.4. The molecule has 0 aliphatic heterocycles. The number of alkyl carbamates (subject to hydrolysis) is 1. The Morgan fingerprint density at radius 1 is 1.11 bits per heavy atom. The van der Waals surface area contributed by atoms with Crippen molar-refractivity contribution in [1.82, 2.24) is 5.32 Å². The van der Waals surface area contributed by atoms with Crippen LogP contribution in [0.5, 0.6) is 0 Å². The van der Waals surface area contributed by atoms with Gasteiger partial charge in [-0.15, -0.1) is 0 Å². The van der Waals surface area contributed by atoms with Gasteiger partial charge in [0.1, 0.15) is 0 Å². The molecule has 19 heavy (non-hydrogen) atoms. The highest BCUT2D eigenvalue weighted by molar-refractivity contribution is 8.13. The molecule has 0 saturated heterocycles. The van der Waals surface area contributed by atoms with Gasteiger partial charge in [-0.2, -0.15) is 4.99 Å². The van der Waals surface area contributed by atoms with E-state index >= 15 is 0 Å². The largest absolute Gasteiger partial charge is 0.449 e. The SMILES string of the molecule is CCCCOC(=O)N=C(NC(=O)OCCCC)SC. The lowest BCUT2D eigenvalue weighted by Gasteiger charge is -2.07. The summed E-state index contributed by atoms with van der Waals surface area (Å²) < 4.78 is 9.76. The van der Waals surface area contributed by atoms with Gasteiger partial charge in [0, 0.05) is 0 Å². The van der Waals surface area contributed by atoms with Crippen LogP contribution in [0.3, 0.4) is 0 Å². The maximum absolute atomic E-state index is 11.3. The zero-order valence-electron chi connectivity index (χ0n) is 11.7. The molecule has 110 valence electrons. The third-order valence-corrected chi connectivity index (χ3v) is 2.63. The summed E-state index contributed by atoms with van der Waals surface area (Å²) in [7, 11) is 0. The monoisotopic (exact) mass is 290 g/mol. The van der Waals surface area contributed by atoms with Crippen molar-refractivity contribution in [3.63, 3.8) is 0 Å². The second-order valence-electron chi connectivity index (χ2n) is 3.70. The van der Waals surface area contributed by atoms with E-state index in [9.17, 15) is 9.59 Å². The van der Waals surface area contributed by atoms with Crippen molar-refractivity contribution < 1.29 is 19.1 Å². The predicted molar refractivity (Wildman–Crippen MR) is 76.6 cm³/mol. The van der Waals surface area contributed by atoms with Crippen molar-refractivity contribution in [2.75, 3.05) is 19.5 Å². The molecule has 6 nitrogen and oxygen atoms in total. The number of carbonyl (C=O) groups excluding carboxylic acids is 2. The summed E-state index contributed by atoms with van der Waals surface area (Å²) in [5.74, 6) is 0. The van der Waals surface area contributed by atoms with E-state index in [-0.39, 0.29) is 5.17 Å². The van der Waals surface area contributed by atoms with E-state index in [4.69, 9.17) is 9.47 Å². The molecule has 1 N–H and O–H groups in total. The number of ether oxygens (including phenoxy) is 2. The summed E-state index contributed by atoms with van der Waals surface area (Å²) >= 11 is 1.14. The van der Waals surface area contributed by atoms with Crippen molar-refractivity contribution in [1.29, 1.82) is 0 Å². The number of hydrogen-bond acceptors (Lipinski definition) is 5. The molecule has 0 aromatic heterocycles. The summed E-state index contributed by atoms with van der Waals surface area (Å²) in [6, 6.07) is 0. The van der Waals surface area contributed by atoms with Crippen LogP contribution in [0.1, 0.15) is 39.5 Å². The van der Waals surface area contributed by atoms with Crippen molar-refractivity contribution in [3.8, 4) is 0 Å². The Bertz CT molecular complexity index is 308. The second kappa shape index (κ2) is 11.8. The number of unbranched alkanes of at least 4 members (excludes halogenated alkanes) is 2. The maximum Gasteiger partial charge on any atom is 0.436 e. The van der Waals surface area contributed by atoms with E-state index in [0.717, 1.165) is 37.4 Å². The zero-order valence-corrected chi connectivity index (χ0v) is 12.5. The number of aliphatic imine (C=N–C) groups is 1. The van der Waals surface area contributed by atoms with E-state index in [1.165, 1.54) is 0 Å². The van der Waals surface area contributed by atoms with Crippen LogP contribution in [0.15, 0.2) is 4.99 Å². The van der Waals surface area contributed by atoms with Crippen LogP contribution in [0.4, 0.5) is 9.59 Å². The van der Waals surface area contributed by atoms with Crippen LogP contribution in [-0.2, 0) is 9.47 Å². The highest BCUT2D eigenvalue weighted by atomic mass is 32.2. The highest BCUT2D eigenvalue weighted by Gasteiger charge is 2.09. The normalized spacial score (nSPS) is 11.0. The van der Waals surface area contributed by atoms with Gasteiger partial charge < -0.3 is 9.47 Å². The number of carbonyl (C=O) groups is 2. The van der Waals surface area contributed by atoms with Crippen molar-refractivity contribution in [3.05, 3.63) is 0 Å². The molecule has 0 atom stereocenters. The van der Waals surface area contributed by atoms with Crippen LogP contribution >= 0.6 is 11.8 Å². The summed E-state index contributed by atoms with van der Waals surface area (Å²) in [6.45, 7) is 4.69. The lowest BCUT2D eigenvalue weighted by Crippen LogP contribution is -2.30. The minimum atomic E-state index is -0.702. The predicted octanol–water partition coefficient (Wildman–Crippen LogP) is 3.17. The molecule has 0 radical (unpaired) electrons. The molecule has 2 amide bonds. The molecule has 0 fully saturated rings. The quantitative estimate of drug-likeness (QED) is 0.462. The van der Waals surface area contributed by atoms with Gasteiger partial charge in [0.05, 0.1) is 13.2 Å². The molecule has 0 heterocycles. The van der Waals surface area contributed by atoms with Crippen LogP contribution in [0.2, 0.25) is 0 Å². The first-order chi connectivity index (χ1) is 9.13. The molecule has 0 aliphatic rings. The standard InChI is InChI=1S/C12H22N2O4S/c1-4-6-8-17-11(15)13-10(19-3)14-12(16)18-9-7-5-2/h4-9H2,1-3H3,(H,13,14,15,16). The van der Waals surface area contributed by atoms with Crippen molar-refractivity contribution >= 4 is 29.1 Å². The summed E-state index contributed by atoms with van der Waals surface area (Å²) in [5.41, 5.74) is 0. The minimum absolute atomic E-state index is 0.169. The van der Waals surface area contributed by atoms with Gasteiger partial charge in [-0.3, -0.25) is 5.32 Å². The first-order valence-corrected chi connectivity index (χ1v) is 7.59. The number of rotatable bonds is 6. The van der Waals surface area contributed by atoms with Gasteiger partial charge in [-0.1, -0.05) is 38.5 Å². The maximum atomic E-state index is 11.3. The van der Waals surface area contributed by atoms with E-state index < -0.39 is 12.2 Å². The third kappa shape index (κ3) is 10.4. The number of nitrogens with zero attached hydrogens (tertiary/aromatic N) is 1. The number of amides is 2. The average Bonchev–Trinajstić information content (AvgIpc) is 2.38. The fourth-order valence-corrected chi connectivity index (χ4v) is 1.33. The fourth-order valence-electron chi connectivity index (χ4n) is 0.976. The van der Waals surface area contributed by atoms with Crippen LogP contribution in [0.25, 0.3) is 0 Å². The summed E-state index contributed by atoms with van der Waals surface area (Å²) in [5, 5.41) is 2.57. The Balaban J connectivity index is 4.09. The molecular formula is C12H22N2O4S. The minimum Gasteiger partial charge on any atom is -0.449 e. The zero-order chi connectivity index (χ0) is 14.5. The van der Waals surface area contributed by atoms with E-state index in [1.54, 1.807) is 6.26 Å². The number of thioether (sulfide) groups is 1. The van der Waals surface area contributed by atoms with Crippen LogP contribution in [0, 0.1) is 0 Å². The molecule has 7 heteroatoms. The van der Waals surface area contributed by atoms with Gasteiger partial charge in [0.15, 0.2) is 5.17 Å². The van der Waals surface area contributed by atoms with Crippen molar-refractivity contribution in [2.24, 2.45) is 4.99 Å². The van der Waals surface area contributed by atoms with E-state index in [0.29, 0.717) is 13.2 Å². The van der Waals surface area contributed by atoms with Gasteiger partial charge in [-0.25, -0.2) is 9.59 Å². The number of hydrogen-bond donors (Lipinski definition) is 1. The molecular weight excluding hydrogens is 268 g/mol. The number of nitrogens with one attached hydrogen (secondary N) is 1. The van der Waals surface area contributed by atoms with Gasteiger partial charge in [-0.05, 0) is 19.1 Å². The topological polar surface area (TPSA) is 77.0 Å². The molecule has 0 unspecified atom stereocenters. The Labute approximate surface area is 118 Å². The second-order valence-corrected chi connectivity index (χ2v) is 4.50. The lowest BCUT2D eigenvalue weighted by molar-refractivity contribution is 0.150. The van der Waals surface area contributed by atoms with Crippen molar-refractivity contribution in [2.45, 2.75) is 39.5 Å². The molecule has 0 bridgehead atoms. The Kier molecular flexibility index (Phi) is 11.1. The molecule has 0 aromatic rings. The van der Waals surface area contributed by atoms with Crippen LogP contribution in [-0.4, -0.2) is 36.8 Å². The van der Waals surface area contributed by atoms with E-state index in [2.05, 4.69) is 10.3 Å². The summed E-state index contributed by atoms with van der Waals surface area (Å²) in [4.78, 5) is 26.3. The molecule has 0 rings (SSSR count). The average molecular weight is 290 g/mol. The molecule has 0 aliphatic carbocycles. The van der Waals surface area contributed by atoms with E-state index in [1.807, 2.05) is 13.8 Å². The third-order valence-electron chi connectivity index (χ3n) is 2.05. The van der Waals surface area contributed by atoms with Gasteiger partial charge in [0.25, 0.3) is 0 Å². The number of amidine groups is 1. The van der Waals surface area contributed by atoms with Crippen LogP contribution < -0.4 is 5.32 Å². The first-order valence-electron chi connectivity index (χ1n) is 6.37. The summed E-state index contributed by atoms with van der Waals surface area (Å²) in [6.07, 6.45) is 3.87. The molecule has 0 saturated carbocycles. The highest BCUT2D eigenvalue weighted by Crippen LogP contribution is 1.99. The van der Waals surface area contributed by atoms with Gasteiger partial charge >= 0.3 is 12.2 Å². The first kappa shape index (κ1) is 17.8. The fraction of sp³-hybridized carbons (Fsp3) is 0.750. The molecule has 0 aromatic carbocycles. The smallest absolute Gasteiger partial charge is 0.436 e. The Hall–Kier alpha value is -1.24.